The largest absolute Gasteiger partial charge is 0.381 e. The average Bonchev–Trinajstić information content (AvgIpc) is 2.54. The molecule has 22 heavy (non-hydrogen) atoms. The molecule has 0 radical (unpaired) electrons. The van der Waals surface area contributed by atoms with E-state index in [1.54, 1.807) is 31.1 Å². The van der Waals surface area contributed by atoms with Gasteiger partial charge in [-0.05, 0) is 37.1 Å². The monoisotopic (exact) mass is 326 g/mol. The number of nitrogens with one attached hydrogen (secondary N) is 1. The summed E-state index contributed by atoms with van der Waals surface area (Å²) in [5, 5.41) is 0. The highest BCUT2D eigenvalue weighted by atomic mass is 32.2. The van der Waals surface area contributed by atoms with Crippen LogP contribution in [0.25, 0.3) is 0 Å². The molecule has 1 aromatic carbocycles. The van der Waals surface area contributed by atoms with E-state index in [0.717, 1.165) is 12.8 Å². The van der Waals surface area contributed by atoms with Crippen LogP contribution < -0.4 is 4.72 Å². The van der Waals surface area contributed by atoms with Gasteiger partial charge >= 0.3 is 0 Å². The summed E-state index contributed by atoms with van der Waals surface area (Å²) in [7, 11) is -1.79. The Balaban J connectivity index is 2.06. The standard InChI is InChI=1S/C15H22N2O4S/c1-3-16-22(19,20)14-6-4-12(5-7-14)15(18)17-10-8-13(21-2)9-11-17/h4-7,13,16H,3,8-11H2,1-2H3. The quantitative estimate of drug-likeness (QED) is 0.883. The molecule has 7 heteroatoms. The normalized spacial score (nSPS) is 16.7. The number of piperidine rings is 1. The zero-order valence-electron chi connectivity index (χ0n) is 12.9. The lowest BCUT2D eigenvalue weighted by Gasteiger charge is -2.31. The maximum atomic E-state index is 12.4. The SMILES string of the molecule is CCNS(=O)(=O)c1ccc(C(=O)N2CCC(OC)CC2)cc1. The lowest BCUT2D eigenvalue weighted by molar-refractivity contribution is 0.0350. The molecule has 1 aliphatic heterocycles. The molecule has 1 fully saturated rings. The Hall–Kier alpha value is -1.44. The third kappa shape index (κ3) is 3.85. The van der Waals surface area contributed by atoms with Gasteiger partial charge in [-0.3, -0.25) is 4.79 Å². The van der Waals surface area contributed by atoms with Gasteiger partial charge in [0.15, 0.2) is 0 Å². The van der Waals surface area contributed by atoms with E-state index in [1.807, 2.05) is 0 Å². The molecule has 1 saturated heterocycles. The summed E-state index contributed by atoms with van der Waals surface area (Å²) >= 11 is 0. The van der Waals surface area contributed by atoms with Crippen LogP contribution in [0.1, 0.15) is 30.1 Å². The number of carbonyl (C=O) groups excluding carboxylic acids is 1. The molecule has 1 aliphatic rings. The summed E-state index contributed by atoms with van der Waals surface area (Å²) in [5.74, 6) is -0.0676. The van der Waals surface area contributed by atoms with E-state index in [2.05, 4.69) is 4.72 Å². The first-order valence-electron chi connectivity index (χ1n) is 7.39. The van der Waals surface area contributed by atoms with E-state index in [-0.39, 0.29) is 16.9 Å². The van der Waals surface area contributed by atoms with Crippen LogP contribution >= 0.6 is 0 Å². The third-order valence-corrected chi connectivity index (χ3v) is 5.37. The van der Waals surface area contributed by atoms with Crippen molar-refractivity contribution in [2.75, 3.05) is 26.7 Å². The molecular weight excluding hydrogens is 304 g/mol. The minimum atomic E-state index is -3.48. The van der Waals surface area contributed by atoms with E-state index in [4.69, 9.17) is 4.74 Å². The molecule has 0 aromatic heterocycles. The Bertz CT molecular complexity index is 605. The summed E-state index contributed by atoms with van der Waals surface area (Å²) in [6, 6.07) is 6.06. The van der Waals surface area contributed by atoms with Crippen LogP contribution in [-0.4, -0.2) is 52.1 Å². The molecule has 1 aromatic rings. The van der Waals surface area contributed by atoms with E-state index >= 15 is 0 Å². The summed E-state index contributed by atoms with van der Waals surface area (Å²) < 4.78 is 31.4. The zero-order chi connectivity index (χ0) is 16.2. The minimum Gasteiger partial charge on any atom is -0.381 e. The molecule has 1 N–H and O–H groups in total. The molecular formula is C15H22N2O4S. The van der Waals surface area contributed by atoms with Gasteiger partial charge in [-0.15, -0.1) is 0 Å². The molecule has 0 unspecified atom stereocenters. The number of hydrogen-bond donors (Lipinski definition) is 1. The number of rotatable bonds is 5. The van der Waals surface area contributed by atoms with Crippen molar-refractivity contribution in [1.82, 2.24) is 9.62 Å². The summed E-state index contributed by atoms with van der Waals surface area (Å²) in [6.07, 6.45) is 1.88. The van der Waals surface area contributed by atoms with Gasteiger partial charge in [-0.1, -0.05) is 6.92 Å². The van der Waals surface area contributed by atoms with Crippen molar-refractivity contribution in [3.63, 3.8) is 0 Å². The Labute approximate surface area is 131 Å². The van der Waals surface area contributed by atoms with Crippen LogP contribution in [0.3, 0.4) is 0 Å². The minimum absolute atomic E-state index is 0.0676. The zero-order valence-corrected chi connectivity index (χ0v) is 13.7. The summed E-state index contributed by atoms with van der Waals surface area (Å²) in [4.78, 5) is 14.4. The number of ether oxygens (including phenoxy) is 1. The van der Waals surface area contributed by atoms with Crippen LogP contribution in [0.4, 0.5) is 0 Å². The molecule has 6 nitrogen and oxygen atoms in total. The molecule has 0 atom stereocenters. The second-order valence-electron chi connectivity index (χ2n) is 5.25. The highest BCUT2D eigenvalue weighted by Gasteiger charge is 2.23. The second kappa shape index (κ2) is 7.21. The van der Waals surface area contributed by atoms with Gasteiger partial charge in [-0.25, -0.2) is 13.1 Å². The molecule has 0 aliphatic carbocycles. The van der Waals surface area contributed by atoms with Crippen molar-refractivity contribution in [2.24, 2.45) is 0 Å². The van der Waals surface area contributed by atoms with Crippen LogP contribution in [0, 0.1) is 0 Å². The lowest BCUT2D eigenvalue weighted by atomic mass is 10.1. The number of amides is 1. The number of methoxy groups -OCH3 is 1. The van der Waals surface area contributed by atoms with Gasteiger partial charge in [0.2, 0.25) is 10.0 Å². The fourth-order valence-corrected chi connectivity index (χ4v) is 3.57. The molecule has 0 spiro atoms. The van der Waals surface area contributed by atoms with Crippen molar-refractivity contribution in [1.29, 1.82) is 0 Å². The van der Waals surface area contributed by atoms with Crippen molar-refractivity contribution >= 4 is 15.9 Å². The number of likely N-dealkylation sites (tertiary alicyclic amines) is 1. The first-order chi connectivity index (χ1) is 10.5. The Morgan fingerprint density at radius 3 is 2.36 bits per heavy atom. The fourth-order valence-electron chi connectivity index (χ4n) is 2.53. The van der Waals surface area contributed by atoms with E-state index < -0.39 is 10.0 Å². The topological polar surface area (TPSA) is 75.7 Å². The third-order valence-electron chi connectivity index (χ3n) is 3.81. The van der Waals surface area contributed by atoms with Crippen LogP contribution in [0.5, 0.6) is 0 Å². The predicted octanol–water partition coefficient (Wildman–Crippen LogP) is 1.24. The van der Waals surface area contributed by atoms with Gasteiger partial charge in [0.25, 0.3) is 5.91 Å². The van der Waals surface area contributed by atoms with Gasteiger partial charge in [-0.2, -0.15) is 0 Å². The average molecular weight is 326 g/mol. The van der Waals surface area contributed by atoms with Gasteiger partial charge < -0.3 is 9.64 Å². The summed E-state index contributed by atoms with van der Waals surface area (Å²) in [6.45, 7) is 3.38. The smallest absolute Gasteiger partial charge is 0.253 e. The van der Waals surface area contributed by atoms with Crippen molar-refractivity contribution < 1.29 is 17.9 Å². The molecule has 1 heterocycles. The Kier molecular flexibility index (Phi) is 5.55. The summed E-state index contributed by atoms with van der Waals surface area (Å²) in [5.41, 5.74) is 0.506. The highest BCUT2D eigenvalue weighted by Crippen LogP contribution is 2.17. The Morgan fingerprint density at radius 1 is 1.27 bits per heavy atom. The first kappa shape index (κ1) is 16.9. The number of sulfonamides is 1. The van der Waals surface area contributed by atoms with E-state index in [1.165, 1.54) is 12.1 Å². The number of hydrogen-bond acceptors (Lipinski definition) is 4. The molecule has 0 bridgehead atoms. The highest BCUT2D eigenvalue weighted by molar-refractivity contribution is 7.89. The van der Waals surface area contributed by atoms with Gasteiger partial charge in [0.1, 0.15) is 0 Å². The first-order valence-corrected chi connectivity index (χ1v) is 8.88. The maximum Gasteiger partial charge on any atom is 0.253 e. The van der Waals surface area contributed by atoms with E-state index in [9.17, 15) is 13.2 Å². The fraction of sp³-hybridized carbons (Fsp3) is 0.533. The number of nitrogens with zero attached hydrogens (tertiary/aromatic N) is 1. The Morgan fingerprint density at radius 2 is 1.86 bits per heavy atom. The van der Waals surface area contributed by atoms with Crippen LogP contribution in [0.15, 0.2) is 29.2 Å². The van der Waals surface area contributed by atoms with E-state index in [0.29, 0.717) is 25.2 Å². The van der Waals surface area contributed by atoms with Crippen molar-refractivity contribution in [3.05, 3.63) is 29.8 Å². The maximum absolute atomic E-state index is 12.4. The molecule has 1 amide bonds. The predicted molar refractivity (Wildman–Crippen MR) is 83.2 cm³/mol. The second-order valence-corrected chi connectivity index (χ2v) is 7.02. The van der Waals surface area contributed by atoms with Gasteiger partial charge in [0, 0.05) is 32.3 Å². The van der Waals surface area contributed by atoms with Crippen LogP contribution in [0.2, 0.25) is 0 Å². The number of benzene rings is 1. The van der Waals surface area contributed by atoms with Gasteiger partial charge in [0.05, 0.1) is 11.0 Å². The molecule has 2 rings (SSSR count). The molecule has 122 valence electrons. The number of carbonyl (C=O) groups is 1. The van der Waals surface area contributed by atoms with Crippen molar-refractivity contribution in [2.45, 2.75) is 30.8 Å². The van der Waals surface area contributed by atoms with Crippen molar-refractivity contribution in [3.8, 4) is 0 Å². The molecule has 0 saturated carbocycles. The lowest BCUT2D eigenvalue weighted by Crippen LogP contribution is -2.40. The van der Waals surface area contributed by atoms with Crippen LogP contribution in [-0.2, 0) is 14.8 Å².